The quantitative estimate of drug-likeness (QED) is 0.460. The topological polar surface area (TPSA) is 104 Å². The zero-order valence-electron chi connectivity index (χ0n) is 14.3. The second-order valence-electron chi connectivity index (χ2n) is 6.04. The van der Waals surface area contributed by atoms with Crippen LogP contribution in [0.2, 0.25) is 0 Å². The lowest BCUT2D eigenvalue weighted by molar-refractivity contribution is -0.671. The first-order valence-corrected chi connectivity index (χ1v) is 9.65. The summed E-state index contributed by atoms with van der Waals surface area (Å²) in [6.45, 7) is 0.0849. The van der Waals surface area contributed by atoms with Crippen molar-refractivity contribution in [3.8, 4) is 5.75 Å². The van der Waals surface area contributed by atoms with E-state index in [1.165, 1.54) is 0 Å². The van der Waals surface area contributed by atoms with E-state index in [0.29, 0.717) is 10.8 Å². The molecule has 0 spiro atoms. The number of nitrogens with zero attached hydrogens (tertiary/aromatic N) is 2. The Hall–Kier alpha value is -3.07. The number of carbonyl (C=O) groups excluding carboxylic acids is 1. The molecule has 0 bridgehead atoms. The fourth-order valence-corrected chi connectivity index (χ4v) is 3.27. The molecule has 2 aromatic carbocycles. The van der Waals surface area contributed by atoms with Crippen molar-refractivity contribution in [3.63, 3.8) is 0 Å². The summed E-state index contributed by atoms with van der Waals surface area (Å²) in [7, 11) is -1.67. The predicted octanol–water partition coefficient (Wildman–Crippen LogP) is 1.18. The lowest BCUT2D eigenvalue weighted by Crippen LogP contribution is -2.25. The molecule has 0 radical (unpaired) electrons. The second-order valence-corrected chi connectivity index (χ2v) is 7.79. The fourth-order valence-electron chi connectivity index (χ4n) is 2.70. The van der Waals surface area contributed by atoms with Gasteiger partial charge in [0.15, 0.2) is 6.54 Å². The summed E-state index contributed by atoms with van der Waals surface area (Å²) in [4.78, 5) is 12.2. The van der Waals surface area contributed by atoms with Crippen molar-refractivity contribution in [3.05, 3.63) is 49.1 Å². The molecule has 3 aromatic rings. The van der Waals surface area contributed by atoms with Gasteiger partial charge in [0.25, 0.3) is 5.91 Å². The number of rotatable bonds is 5. The van der Waals surface area contributed by atoms with Gasteiger partial charge in [0.2, 0.25) is 16.4 Å². The maximum atomic E-state index is 12.2. The number of fused-ring (bicyclic) bond motifs is 1. The largest absolute Gasteiger partial charge is 0.505 e. The molecule has 8 nitrogen and oxygen atoms in total. The summed E-state index contributed by atoms with van der Waals surface area (Å²) < 4.78 is 29.0. The van der Waals surface area contributed by atoms with E-state index >= 15 is 0 Å². The first kappa shape index (κ1) is 17.7. The Balaban J connectivity index is 1.93. The molecule has 0 saturated heterocycles. The predicted molar refractivity (Wildman–Crippen MR) is 98.3 cm³/mol. The van der Waals surface area contributed by atoms with Gasteiger partial charge in [0.1, 0.15) is 18.1 Å². The number of hydrogen-bond acceptors (Lipinski definition) is 4. The number of aryl methyl sites for hydroxylation is 1. The third kappa shape index (κ3) is 3.94. The van der Waals surface area contributed by atoms with Crippen molar-refractivity contribution in [1.82, 2.24) is 4.57 Å². The number of carbonyl (C=O) groups is 1. The fraction of sp³-hybridized carbons (Fsp3) is 0.176. The van der Waals surface area contributed by atoms with Crippen LogP contribution in [0.5, 0.6) is 5.75 Å². The van der Waals surface area contributed by atoms with Crippen LogP contribution in [0.25, 0.3) is 10.8 Å². The number of anilines is 2. The van der Waals surface area contributed by atoms with Crippen LogP contribution in [0.1, 0.15) is 0 Å². The van der Waals surface area contributed by atoms with Crippen LogP contribution >= 0.6 is 0 Å². The summed E-state index contributed by atoms with van der Waals surface area (Å²) in [5.41, 5.74) is 0.456. The molecule has 0 aliphatic carbocycles. The number of aromatic hydroxyl groups is 1. The SMILES string of the molecule is C[n+]1ccn(CC(=O)Nc2ccc3cccc(NS(C)(=O)=O)c3c2O)c1. The van der Waals surface area contributed by atoms with E-state index in [2.05, 4.69) is 10.0 Å². The van der Waals surface area contributed by atoms with Crippen LogP contribution < -0.4 is 14.6 Å². The van der Waals surface area contributed by atoms with E-state index in [4.69, 9.17) is 0 Å². The maximum absolute atomic E-state index is 12.2. The Morgan fingerprint density at radius 1 is 1.23 bits per heavy atom. The van der Waals surface area contributed by atoms with Crippen molar-refractivity contribution < 1.29 is 22.9 Å². The lowest BCUT2D eigenvalue weighted by Gasteiger charge is -2.13. The van der Waals surface area contributed by atoms with E-state index in [9.17, 15) is 18.3 Å². The molecule has 0 unspecified atom stereocenters. The van der Waals surface area contributed by atoms with Crippen LogP contribution in [0.15, 0.2) is 49.1 Å². The van der Waals surface area contributed by atoms with Crippen molar-refractivity contribution >= 4 is 38.1 Å². The van der Waals surface area contributed by atoms with Crippen LogP contribution in [-0.4, -0.2) is 30.3 Å². The minimum atomic E-state index is -3.51. The molecule has 0 fully saturated rings. The van der Waals surface area contributed by atoms with Crippen LogP contribution in [-0.2, 0) is 28.4 Å². The van der Waals surface area contributed by atoms with Gasteiger partial charge in [0, 0.05) is 5.39 Å². The molecule has 3 rings (SSSR count). The maximum Gasteiger partial charge on any atom is 0.266 e. The van der Waals surface area contributed by atoms with Crippen molar-refractivity contribution in [2.24, 2.45) is 7.05 Å². The minimum absolute atomic E-state index is 0.0849. The van der Waals surface area contributed by atoms with Gasteiger partial charge in [0.05, 0.1) is 24.7 Å². The molecule has 0 aliphatic rings. The van der Waals surface area contributed by atoms with Crippen molar-refractivity contribution in [2.45, 2.75) is 6.54 Å². The number of phenols is 1. The summed E-state index contributed by atoms with van der Waals surface area (Å²) in [6, 6.07) is 8.26. The molecule has 136 valence electrons. The van der Waals surface area contributed by atoms with Gasteiger partial charge in [-0.05, 0) is 17.5 Å². The van der Waals surface area contributed by atoms with Gasteiger partial charge in [-0.25, -0.2) is 17.6 Å². The highest BCUT2D eigenvalue weighted by atomic mass is 32.2. The smallest absolute Gasteiger partial charge is 0.266 e. The Morgan fingerprint density at radius 2 is 2.00 bits per heavy atom. The Bertz CT molecular complexity index is 1090. The second kappa shape index (κ2) is 6.68. The molecular formula is C17H19N4O4S+. The van der Waals surface area contributed by atoms with Crippen molar-refractivity contribution in [2.75, 3.05) is 16.3 Å². The zero-order valence-corrected chi connectivity index (χ0v) is 15.1. The van der Waals surface area contributed by atoms with Gasteiger partial charge < -0.3 is 10.4 Å². The summed E-state index contributed by atoms with van der Waals surface area (Å²) in [6.07, 6.45) is 6.36. The number of amides is 1. The first-order valence-electron chi connectivity index (χ1n) is 7.76. The monoisotopic (exact) mass is 375 g/mol. The molecule has 0 atom stereocenters. The third-order valence-corrected chi connectivity index (χ3v) is 4.33. The highest BCUT2D eigenvalue weighted by Gasteiger charge is 2.15. The van der Waals surface area contributed by atoms with Crippen LogP contribution in [0, 0.1) is 0 Å². The molecule has 1 aromatic heterocycles. The third-order valence-electron chi connectivity index (χ3n) is 3.74. The number of nitrogens with one attached hydrogen (secondary N) is 2. The Morgan fingerprint density at radius 3 is 2.65 bits per heavy atom. The average molecular weight is 375 g/mol. The molecule has 0 saturated carbocycles. The molecule has 0 aliphatic heterocycles. The van der Waals surface area contributed by atoms with Gasteiger partial charge in [-0.15, -0.1) is 0 Å². The zero-order chi connectivity index (χ0) is 18.9. The van der Waals surface area contributed by atoms with E-state index in [-0.39, 0.29) is 29.6 Å². The van der Waals surface area contributed by atoms with Crippen LogP contribution in [0.4, 0.5) is 11.4 Å². The molecule has 1 amide bonds. The molecule has 3 N–H and O–H groups in total. The summed E-state index contributed by atoms with van der Waals surface area (Å²) in [5.74, 6) is -0.509. The first-order chi connectivity index (χ1) is 12.2. The highest BCUT2D eigenvalue weighted by Crippen LogP contribution is 2.37. The number of benzene rings is 2. The normalized spacial score (nSPS) is 11.5. The Labute approximate surface area is 150 Å². The minimum Gasteiger partial charge on any atom is -0.505 e. The standard InChI is InChI=1S/C17H18N4O4S/c1-20-8-9-21(11-20)10-15(22)18-14-7-6-12-4-3-5-13(16(12)17(14)23)19-26(2,24)25/h3-9,11,19H,10H2,1-2H3,(H-,18,22,23)/p+1. The summed E-state index contributed by atoms with van der Waals surface area (Å²) >= 11 is 0. The van der Waals surface area contributed by atoms with Gasteiger partial charge >= 0.3 is 0 Å². The number of aromatic nitrogens is 2. The van der Waals surface area contributed by atoms with Crippen molar-refractivity contribution in [1.29, 1.82) is 0 Å². The molecule has 1 heterocycles. The number of hydrogen-bond donors (Lipinski definition) is 3. The number of sulfonamides is 1. The van der Waals surface area contributed by atoms with E-state index in [0.717, 1.165) is 6.26 Å². The van der Waals surface area contributed by atoms with Gasteiger partial charge in [-0.1, -0.05) is 18.2 Å². The number of phenolic OH excluding ortho intramolecular Hbond substituents is 1. The van der Waals surface area contributed by atoms with E-state index in [1.807, 2.05) is 17.8 Å². The van der Waals surface area contributed by atoms with E-state index < -0.39 is 10.0 Å². The highest BCUT2D eigenvalue weighted by molar-refractivity contribution is 7.92. The van der Waals surface area contributed by atoms with E-state index in [1.54, 1.807) is 47.4 Å². The Kier molecular flexibility index (Phi) is 4.56. The molecule has 26 heavy (non-hydrogen) atoms. The van der Waals surface area contributed by atoms with Gasteiger partial charge in [-0.3, -0.25) is 9.52 Å². The molecule has 9 heteroatoms. The number of imidazole rings is 1. The van der Waals surface area contributed by atoms with Gasteiger partial charge in [-0.2, -0.15) is 0 Å². The van der Waals surface area contributed by atoms with Crippen LogP contribution in [0.3, 0.4) is 0 Å². The summed E-state index contributed by atoms with van der Waals surface area (Å²) in [5, 5.41) is 14.2. The lowest BCUT2D eigenvalue weighted by atomic mass is 10.1. The average Bonchev–Trinajstić information content (AvgIpc) is 2.93. The molecular weight excluding hydrogens is 356 g/mol.